The number of rotatable bonds is 7. The highest BCUT2D eigenvalue weighted by molar-refractivity contribution is 7.91. The zero-order chi connectivity index (χ0) is 11.9. The Morgan fingerprint density at radius 3 is 2.31 bits per heavy atom. The number of unbranched alkanes of at least 4 members (excludes halogenated alkanes) is 3. The predicted octanol–water partition coefficient (Wildman–Crippen LogP) is 0.706. The lowest BCUT2D eigenvalue weighted by Crippen LogP contribution is -2.37. The van der Waals surface area contributed by atoms with E-state index in [1.165, 1.54) is 0 Å². The van der Waals surface area contributed by atoms with Crippen molar-refractivity contribution in [1.29, 1.82) is 0 Å². The molecule has 1 rings (SSSR count). The van der Waals surface area contributed by atoms with Crippen LogP contribution < -0.4 is 5.32 Å². The van der Waals surface area contributed by atoms with Gasteiger partial charge in [-0.05, 0) is 32.2 Å². The molecule has 0 atom stereocenters. The van der Waals surface area contributed by atoms with Crippen molar-refractivity contribution in [2.24, 2.45) is 0 Å². The molecule has 0 bridgehead atoms. The second-order valence-corrected chi connectivity index (χ2v) is 6.82. The van der Waals surface area contributed by atoms with Crippen molar-refractivity contribution in [2.75, 3.05) is 24.7 Å². The summed E-state index contributed by atoms with van der Waals surface area (Å²) in [7, 11) is -2.73. The molecule has 96 valence electrons. The second-order valence-electron chi connectivity index (χ2n) is 4.52. The van der Waals surface area contributed by atoms with Gasteiger partial charge in [-0.25, -0.2) is 8.42 Å². The van der Waals surface area contributed by atoms with Crippen LogP contribution in [0.3, 0.4) is 0 Å². The first kappa shape index (κ1) is 13.9. The molecule has 0 unspecified atom stereocenters. The smallest absolute Gasteiger partial charge is 0.150 e. The number of hydrogen-bond donors (Lipinski definition) is 2. The maximum Gasteiger partial charge on any atom is 0.150 e. The molecular weight excluding hydrogens is 226 g/mol. The minimum Gasteiger partial charge on any atom is -0.396 e. The highest BCUT2D eigenvalue weighted by atomic mass is 32.2. The fourth-order valence-electron chi connectivity index (χ4n) is 1.99. The highest BCUT2D eigenvalue weighted by Crippen LogP contribution is 2.12. The van der Waals surface area contributed by atoms with Crippen LogP contribution in [-0.4, -0.2) is 44.2 Å². The van der Waals surface area contributed by atoms with E-state index < -0.39 is 9.84 Å². The van der Waals surface area contributed by atoms with E-state index in [-0.39, 0.29) is 6.61 Å². The van der Waals surface area contributed by atoms with Gasteiger partial charge in [0.1, 0.15) is 9.84 Å². The maximum atomic E-state index is 11.2. The predicted molar refractivity (Wildman–Crippen MR) is 65.2 cm³/mol. The Bertz CT molecular complexity index is 263. The van der Waals surface area contributed by atoms with Crippen LogP contribution in [0.1, 0.15) is 38.5 Å². The minimum absolute atomic E-state index is 0.286. The molecule has 1 saturated heterocycles. The Morgan fingerprint density at radius 2 is 1.69 bits per heavy atom. The minimum atomic E-state index is -2.73. The van der Waals surface area contributed by atoms with Gasteiger partial charge in [0, 0.05) is 12.6 Å². The maximum absolute atomic E-state index is 11.2. The molecule has 0 aromatic carbocycles. The molecule has 0 aromatic heterocycles. The summed E-state index contributed by atoms with van der Waals surface area (Å²) < 4.78 is 22.4. The summed E-state index contributed by atoms with van der Waals surface area (Å²) in [6.45, 7) is 1.25. The first-order chi connectivity index (χ1) is 7.64. The van der Waals surface area contributed by atoms with Crippen molar-refractivity contribution >= 4 is 9.84 Å². The normalized spacial score (nSPS) is 21.1. The van der Waals surface area contributed by atoms with Crippen LogP contribution >= 0.6 is 0 Å². The van der Waals surface area contributed by atoms with Gasteiger partial charge in [-0.15, -0.1) is 0 Å². The van der Waals surface area contributed by atoms with Gasteiger partial charge in [0.25, 0.3) is 0 Å². The first-order valence-electron chi connectivity index (χ1n) is 6.19. The molecular formula is C11H23NO3S. The largest absolute Gasteiger partial charge is 0.396 e. The summed E-state index contributed by atoms with van der Waals surface area (Å²) >= 11 is 0. The van der Waals surface area contributed by atoms with Crippen molar-refractivity contribution in [3.05, 3.63) is 0 Å². The lowest BCUT2D eigenvalue weighted by molar-refractivity contribution is 0.282. The van der Waals surface area contributed by atoms with Crippen molar-refractivity contribution in [3.63, 3.8) is 0 Å². The first-order valence-corrected chi connectivity index (χ1v) is 8.01. The van der Waals surface area contributed by atoms with E-state index in [0.717, 1.165) is 45.1 Å². The molecule has 16 heavy (non-hydrogen) atoms. The average molecular weight is 249 g/mol. The van der Waals surface area contributed by atoms with Gasteiger partial charge in [-0.2, -0.15) is 0 Å². The Hall–Kier alpha value is -0.130. The van der Waals surface area contributed by atoms with Gasteiger partial charge < -0.3 is 10.4 Å². The van der Waals surface area contributed by atoms with Crippen LogP contribution in [-0.2, 0) is 9.84 Å². The highest BCUT2D eigenvalue weighted by Gasteiger charge is 2.22. The molecule has 1 heterocycles. The molecule has 0 aliphatic carbocycles. The molecule has 5 heteroatoms. The lowest BCUT2D eigenvalue weighted by Gasteiger charge is -2.23. The van der Waals surface area contributed by atoms with E-state index in [1.807, 2.05) is 0 Å². The average Bonchev–Trinajstić information content (AvgIpc) is 2.25. The summed E-state index contributed by atoms with van der Waals surface area (Å²) in [5.74, 6) is 0.685. The number of sulfone groups is 1. The van der Waals surface area contributed by atoms with Crippen molar-refractivity contribution in [2.45, 2.75) is 44.6 Å². The van der Waals surface area contributed by atoms with Crippen LogP contribution in [0.25, 0.3) is 0 Å². The van der Waals surface area contributed by atoms with Crippen LogP contribution in [0.2, 0.25) is 0 Å². The molecule has 0 aromatic rings. The van der Waals surface area contributed by atoms with Crippen LogP contribution in [0.5, 0.6) is 0 Å². The van der Waals surface area contributed by atoms with E-state index in [1.54, 1.807) is 0 Å². The van der Waals surface area contributed by atoms with E-state index in [0.29, 0.717) is 17.5 Å². The molecule has 0 radical (unpaired) electrons. The topological polar surface area (TPSA) is 66.4 Å². The number of hydrogen-bond acceptors (Lipinski definition) is 4. The van der Waals surface area contributed by atoms with E-state index in [4.69, 9.17) is 5.11 Å². The quantitative estimate of drug-likeness (QED) is 0.652. The van der Waals surface area contributed by atoms with Gasteiger partial charge in [0.05, 0.1) is 11.5 Å². The third kappa shape index (κ3) is 5.82. The van der Waals surface area contributed by atoms with Crippen LogP contribution in [0, 0.1) is 0 Å². The van der Waals surface area contributed by atoms with Gasteiger partial charge in [0.2, 0.25) is 0 Å². The Kier molecular flexibility index (Phi) is 6.31. The molecule has 0 spiro atoms. The molecule has 1 aliphatic rings. The molecule has 0 saturated carbocycles. The van der Waals surface area contributed by atoms with Crippen molar-refractivity contribution < 1.29 is 13.5 Å². The van der Waals surface area contributed by atoms with Crippen LogP contribution in [0.15, 0.2) is 0 Å². The molecule has 2 N–H and O–H groups in total. The summed E-state index contributed by atoms with van der Waals surface area (Å²) in [6.07, 6.45) is 5.75. The molecule has 1 aliphatic heterocycles. The van der Waals surface area contributed by atoms with Crippen LogP contribution in [0.4, 0.5) is 0 Å². The fraction of sp³-hybridized carbons (Fsp3) is 1.00. The molecule has 1 fully saturated rings. The van der Waals surface area contributed by atoms with Crippen molar-refractivity contribution in [3.8, 4) is 0 Å². The summed E-state index contributed by atoms with van der Waals surface area (Å²) in [5.41, 5.74) is 0. The van der Waals surface area contributed by atoms with Gasteiger partial charge in [-0.1, -0.05) is 12.8 Å². The number of nitrogens with one attached hydrogen (secondary N) is 1. The fourth-order valence-corrected chi connectivity index (χ4v) is 3.48. The Labute approximate surface area is 98.4 Å². The summed E-state index contributed by atoms with van der Waals surface area (Å²) in [4.78, 5) is 0. The second kappa shape index (κ2) is 7.25. The van der Waals surface area contributed by atoms with E-state index in [2.05, 4.69) is 5.32 Å². The SMILES string of the molecule is O=S1(=O)CCC(NCCCCCCO)CC1. The third-order valence-corrected chi connectivity index (χ3v) is 4.79. The Balaban J connectivity index is 1.98. The number of aliphatic hydroxyl groups is 1. The monoisotopic (exact) mass is 249 g/mol. The zero-order valence-electron chi connectivity index (χ0n) is 9.82. The third-order valence-electron chi connectivity index (χ3n) is 3.07. The zero-order valence-corrected chi connectivity index (χ0v) is 10.6. The lowest BCUT2D eigenvalue weighted by atomic mass is 10.1. The van der Waals surface area contributed by atoms with Crippen molar-refractivity contribution in [1.82, 2.24) is 5.32 Å². The van der Waals surface area contributed by atoms with Gasteiger partial charge >= 0.3 is 0 Å². The molecule has 4 nitrogen and oxygen atoms in total. The van der Waals surface area contributed by atoms with Gasteiger partial charge in [0.15, 0.2) is 0 Å². The standard InChI is InChI=1S/C11H23NO3S/c13-8-4-2-1-3-7-12-11-5-9-16(14,15)10-6-11/h11-13H,1-10H2. The van der Waals surface area contributed by atoms with Gasteiger partial charge in [-0.3, -0.25) is 0 Å². The van der Waals surface area contributed by atoms with E-state index in [9.17, 15) is 8.42 Å². The van der Waals surface area contributed by atoms with E-state index >= 15 is 0 Å². The molecule has 0 amide bonds. The number of aliphatic hydroxyl groups excluding tert-OH is 1. The summed E-state index contributed by atoms with van der Waals surface area (Å²) in [6, 6.07) is 0.390. The Morgan fingerprint density at radius 1 is 1.06 bits per heavy atom. The summed E-state index contributed by atoms with van der Waals surface area (Å²) in [5, 5.41) is 12.0.